The van der Waals surface area contributed by atoms with Crippen LogP contribution in [0.15, 0.2) is 16.6 Å². The number of methoxy groups -OCH3 is 2. The minimum absolute atomic E-state index is 0.177. The Hall–Kier alpha value is -0.780. The summed E-state index contributed by atoms with van der Waals surface area (Å²) in [5.74, 6) is 1.46. The van der Waals surface area contributed by atoms with Crippen molar-refractivity contribution in [3.63, 3.8) is 0 Å². The molecular weight excluding hydrogens is 332 g/mol. The van der Waals surface area contributed by atoms with Crippen LogP contribution in [-0.2, 0) is 0 Å². The van der Waals surface area contributed by atoms with E-state index in [4.69, 9.17) is 15.2 Å². The second kappa shape index (κ2) is 9.28. The largest absolute Gasteiger partial charge is 0.493 e. The molecule has 0 fully saturated rings. The average Bonchev–Trinajstić information content (AvgIpc) is 2.51. The minimum Gasteiger partial charge on any atom is -0.493 e. The molecule has 1 unspecified atom stereocenters. The molecule has 0 saturated heterocycles. The van der Waals surface area contributed by atoms with Crippen LogP contribution in [0.2, 0.25) is 0 Å². The van der Waals surface area contributed by atoms with Gasteiger partial charge in [-0.1, -0.05) is 36.2 Å². The molecule has 4 nitrogen and oxygen atoms in total. The first-order chi connectivity index (χ1) is 10.1. The van der Waals surface area contributed by atoms with Gasteiger partial charge in [0.15, 0.2) is 11.5 Å². The van der Waals surface area contributed by atoms with Gasteiger partial charge in [-0.3, -0.25) is 4.90 Å². The van der Waals surface area contributed by atoms with E-state index in [1.54, 1.807) is 14.2 Å². The first kappa shape index (κ1) is 18.3. The number of hydrogen-bond acceptors (Lipinski definition) is 4. The Bertz CT molecular complexity index is 441. The highest BCUT2D eigenvalue weighted by molar-refractivity contribution is 9.10. The molecule has 0 amide bonds. The molecule has 0 aromatic heterocycles. The van der Waals surface area contributed by atoms with Gasteiger partial charge >= 0.3 is 0 Å². The Morgan fingerprint density at radius 1 is 1.19 bits per heavy atom. The summed E-state index contributed by atoms with van der Waals surface area (Å²) >= 11 is 3.64. The Morgan fingerprint density at radius 3 is 2.29 bits per heavy atom. The number of nitrogens with zero attached hydrogens (tertiary/aromatic N) is 1. The average molecular weight is 359 g/mol. The molecule has 0 aliphatic carbocycles. The standard InChI is InChI=1S/C16H27BrN2O2/c1-5-7-8-19(6-2)14(11-18)12-9-15(20-3)16(21-4)10-13(12)17/h9-10,14H,5-8,11,18H2,1-4H3. The first-order valence-corrected chi connectivity index (χ1v) is 8.27. The third-order valence-electron chi connectivity index (χ3n) is 3.73. The van der Waals surface area contributed by atoms with Crippen molar-refractivity contribution in [2.45, 2.75) is 32.7 Å². The summed E-state index contributed by atoms with van der Waals surface area (Å²) in [4.78, 5) is 2.41. The van der Waals surface area contributed by atoms with Gasteiger partial charge in [-0.15, -0.1) is 0 Å². The van der Waals surface area contributed by atoms with Gasteiger partial charge in [0, 0.05) is 17.1 Å². The van der Waals surface area contributed by atoms with Gasteiger partial charge in [-0.05, 0) is 37.2 Å². The topological polar surface area (TPSA) is 47.7 Å². The Balaban J connectivity index is 3.14. The van der Waals surface area contributed by atoms with Crippen LogP contribution in [0.25, 0.3) is 0 Å². The molecule has 0 aliphatic rings. The molecule has 0 spiro atoms. The van der Waals surface area contributed by atoms with Crippen LogP contribution in [0, 0.1) is 0 Å². The van der Waals surface area contributed by atoms with Gasteiger partial charge in [0.25, 0.3) is 0 Å². The maximum absolute atomic E-state index is 6.05. The lowest BCUT2D eigenvalue weighted by molar-refractivity contribution is 0.208. The quantitative estimate of drug-likeness (QED) is 0.732. The van der Waals surface area contributed by atoms with Crippen LogP contribution < -0.4 is 15.2 Å². The van der Waals surface area contributed by atoms with Crippen molar-refractivity contribution >= 4 is 15.9 Å². The molecule has 0 saturated carbocycles. The molecule has 5 heteroatoms. The number of rotatable bonds is 9. The molecule has 21 heavy (non-hydrogen) atoms. The molecule has 120 valence electrons. The van der Waals surface area contributed by atoms with E-state index >= 15 is 0 Å². The number of ether oxygens (including phenoxy) is 2. The van der Waals surface area contributed by atoms with Gasteiger partial charge in [-0.2, -0.15) is 0 Å². The van der Waals surface area contributed by atoms with Crippen molar-refractivity contribution in [2.75, 3.05) is 33.9 Å². The predicted molar refractivity (Wildman–Crippen MR) is 91.2 cm³/mol. The van der Waals surface area contributed by atoms with Crippen molar-refractivity contribution < 1.29 is 9.47 Å². The second-order valence-electron chi connectivity index (χ2n) is 4.96. The molecule has 1 aromatic rings. The Morgan fingerprint density at radius 2 is 1.81 bits per heavy atom. The number of halogens is 1. The summed E-state index contributed by atoms with van der Waals surface area (Å²) in [7, 11) is 3.30. The van der Waals surface area contributed by atoms with E-state index in [1.165, 1.54) is 12.8 Å². The molecule has 0 aliphatic heterocycles. The lowest BCUT2D eigenvalue weighted by Crippen LogP contribution is -2.34. The third kappa shape index (κ3) is 4.59. The van der Waals surface area contributed by atoms with Crippen molar-refractivity contribution in [1.29, 1.82) is 0 Å². The van der Waals surface area contributed by atoms with Gasteiger partial charge in [0.1, 0.15) is 0 Å². The van der Waals surface area contributed by atoms with E-state index in [0.717, 1.165) is 34.6 Å². The summed E-state index contributed by atoms with van der Waals surface area (Å²) in [6.45, 7) is 6.98. The summed E-state index contributed by atoms with van der Waals surface area (Å²) in [6, 6.07) is 4.15. The van der Waals surface area contributed by atoms with Gasteiger partial charge in [0.05, 0.1) is 14.2 Å². The zero-order valence-corrected chi connectivity index (χ0v) is 15.1. The van der Waals surface area contributed by atoms with Crippen LogP contribution in [0.5, 0.6) is 11.5 Å². The maximum Gasteiger partial charge on any atom is 0.161 e. The van der Waals surface area contributed by atoms with E-state index in [2.05, 4.69) is 34.7 Å². The smallest absolute Gasteiger partial charge is 0.161 e. The van der Waals surface area contributed by atoms with Crippen molar-refractivity contribution in [2.24, 2.45) is 5.73 Å². The fraction of sp³-hybridized carbons (Fsp3) is 0.625. The fourth-order valence-electron chi connectivity index (χ4n) is 2.49. The number of likely N-dealkylation sites (N-methyl/N-ethyl adjacent to an activating group) is 1. The van der Waals surface area contributed by atoms with Gasteiger partial charge < -0.3 is 15.2 Å². The van der Waals surface area contributed by atoms with E-state index in [0.29, 0.717) is 6.54 Å². The van der Waals surface area contributed by atoms with Gasteiger partial charge in [0.2, 0.25) is 0 Å². The lowest BCUT2D eigenvalue weighted by Gasteiger charge is -2.31. The molecule has 0 heterocycles. The molecule has 1 rings (SSSR count). The summed E-state index contributed by atoms with van der Waals surface area (Å²) in [5, 5.41) is 0. The normalized spacial score (nSPS) is 12.5. The van der Waals surface area contributed by atoms with Crippen molar-refractivity contribution in [3.8, 4) is 11.5 Å². The molecule has 0 bridgehead atoms. The highest BCUT2D eigenvalue weighted by Crippen LogP contribution is 2.37. The predicted octanol–water partition coefficient (Wildman–Crippen LogP) is 3.59. The molecular formula is C16H27BrN2O2. The van der Waals surface area contributed by atoms with Crippen LogP contribution in [0.4, 0.5) is 0 Å². The zero-order valence-electron chi connectivity index (χ0n) is 13.5. The van der Waals surface area contributed by atoms with Crippen molar-refractivity contribution in [3.05, 3.63) is 22.2 Å². The fourth-order valence-corrected chi connectivity index (χ4v) is 3.08. The SMILES string of the molecule is CCCCN(CC)C(CN)c1cc(OC)c(OC)cc1Br. The summed E-state index contributed by atoms with van der Waals surface area (Å²) in [6.07, 6.45) is 2.36. The summed E-state index contributed by atoms with van der Waals surface area (Å²) < 4.78 is 11.8. The van der Waals surface area contributed by atoms with Crippen LogP contribution in [-0.4, -0.2) is 38.8 Å². The molecule has 1 aromatic carbocycles. The molecule has 0 radical (unpaired) electrons. The Labute approximate surface area is 136 Å². The molecule has 2 N–H and O–H groups in total. The zero-order chi connectivity index (χ0) is 15.8. The van der Waals surface area contributed by atoms with Gasteiger partial charge in [-0.25, -0.2) is 0 Å². The third-order valence-corrected chi connectivity index (χ3v) is 4.42. The van der Waals surface area contributed by atoms with E-state index < -0.39 is 0 Å². The number of nitrogens with two attached hydrogens (primary N) is 1. The van der Waals surface area contributed by atoms with Crippen LogP contribution >= 0.6 is 15.9 Å². The highest BCUT2D eigenvalue weighted by Gasteiger charge is 2.22. The van der Waals surface area contributed by atoms with E-state index in [-0.39, 0.29) is 6.04 Å². The lowest BCUT2D eigenvalue weighted by atomic mass is 10.0. The number of benzene rings is 1. The molecule has 1 atom stereocenters. The van der Waals surface area contributed by atoms with E-state index in [1.807, 2.05) is 12.1 Å². The Kier molecular flexibility index (Phi) is 8.07. The first-order valence-electron chi connectivity index (χ1n) is 7.48. The van der Waals surface area contributed by atoms with Crippen molar-refractivity contribution in [1.82, 2.24) is 4.90 Å². The van der Waals surface area contributed by atoms with E-state index in [9.17, 15) is 0 Å². The number of hydrogen-bond donors (Lipinski definition) is 1. The maximum atomic E-state index is 6.05. The monoisotopic (exact) mass is 358 g/mol. The minimum atomic E-state index is 0.177. The van der Waals surface area contributed by atoms with Crippen LogP contribution in [0.3, 0.4) is 0 Å². The van der Waals surface area contributed by atoms with Crippen LogP contribution in [0.1, 0.15) is 38.3 Å². The number of unbranched alkanes of at least 4 members (excludes halogenated alkanes) is 1. The summed E-state index contributed by atoms with van der Waals surface area (Å²) in [5.41, 5.74) is 7.20. The second-order valence-corrected chi connectivity index (χ2v) is 5.82. The highest BCUT2D eigenvalue weighted by atomic mass is 79.9.